The monoisotopic (exact) mass is 337 g/mol. The van der Waals surface area contributed by atoms with Crippen molar-refractivity contribution < 1.29 is 18.7 Å². The lowest BCUT2D eigenvalue weighted by Crippen LogP contribution is -2.57. The quantitative estimate of drug-likeness (QED) is 0.817. The number of rotatable bonds is 5. The van der Waals surface area contributed by atoms with E-state index in [4.69, 9.17) is 13.9 Å². The minimum Gasteiger partial charge on any atom is -0.425 e. The first kappa shape index (κ1) is 17.4. The van der Waals surface area contributed by atoms with Crippen LogP contribution in [-0.2, 0) is 20.7 Å². The predicted octanol–water partition coefficient (Wildman–Crippen LogP) is 1.92. The van der Waals surface area contributed by atoms with E-state index in [2.05, 4.69) is 10.2 Å². The number of nitrogens with zero attached hydrogens (tertiary/aromatic N) is 3. The van der Waals surface area contributed by atoms with Gasteiger partial charge in [0.05, 0.1) is 5.60 Å². The lowest BCUT2D eigenvalue weighted by Gasteiger charge is -2.44. The molecule has 134 valence electrons. The summed E-state index contributed by atoms with van der Waals surface area (Å²) in [6.07, 6.45) is 3.75. The lowest BCUT2D eigenvalue weighted by atomic mass is 9.85. The van der Waals surface area contributed by atoms with Crippen molar-refractivity contribution in [1.29, 1.82) is 0 Å². The molecule has 0 unspecified atom stereocenters. The molecule has 24 heavy (non-hydrogen) atoms. The molecule has 0 saturated carbocycles. The summed E-state index contributed by atoms with van der Waals surface area (Å²) in [4.78, 5) is 14.4. The van der Waals surface area contributed by atoms with Crippen LogP contribution in [0.15, 0.2) is 4.42 Å². The topological polar surface area (TPSA) is 77.7 Å². The number of carbonyl (C=O) groups is 1. The fraction of sp³-hybridized carbons (Fsp3) is 0.824. The molecule has 1 aromatic rings. The van der Waals surface area contributed by atoms with Crippen molar-refractivity contribution in [3.63, 3.8) is 0 Å². The van der Waals surface area contributed by atoms with Crippen LogP contribution in [0.5, 0.6) is 0 Å². The third-order valence-corrected chi connectivity index (χ3v) is 5.08. The first-order valence-electron chi connectivity index (χ1n) is 8.81. The molecule has 2 aliphatic heterocycles. The van der Waals surface area contributed by atoms with E-state index in [0.717, 1.165) is 32.4 Å². The van der Waals surface area contributed by atoms with E-state index in [1.807, 2.05) is 18.7 Å². The molecule has 1 amide bonds. The van der Waals surface area contributed by atoms with Gasteiger partial charge in [0.1, 0.15) is 6.10 Å². The number of amides is 1. The Hall–Kier alpha value is -1.47. The van der Waals surface area contributed by atoms with E-state index < -0.39 is 0 Å². The van der Waals surface area contributed by atoms with E-state index in [9.17, 15) is 4.79 Å². The van der Waals surface area contributed by atoms with Gasteiger partial charge in [0.25, 0.3) is 0 Å². The summed E-state index contributed by atoms with van der Waals surface area (Å²) in [5, 5.41) is 8.01. The maximum absolute atomic E-state index is 12.5. The van der Waals surface area contributed by atoms with Crippen molar-refractivity contribution in [1.82, 2.24) is 15.1 Å². The average Bonchev–Trinajstić information content (AvgIpc) is 3.23. The van der Waals surface area contributed by atoms with Crippen molar-refractivity contribution >= 4 is 5.91 Å². The van der Waals surface area contributed by atoms with Gasteiger partial charge in [0.2, 0.25) is 17.7 Å². The van der Waals surface area contributed by atoms with Gasteiger partial charge in [-0.2, -0.15) is 0 Å². The first-order valence-corrected chi connectivity index (χ1v) is 8.81. The van der Waals surface area contributed by atoms with Crippen LogP contribution in [-0.4, -0.2) is 59.5 Å². The summed E-state index contributed by atoms with van der Waals surface area (Å²) in [5.41, 5.74) is -0.190. The third-order valence-electron chi connectivity index (χ3n) is 5.08. The van der Waals surface area contributed by atoms with E-state index in [0.29, 0.717) is 31.2 Å². The van der Waals surface area contributed by atoms with Gasteiger partial charge in [-0.05, 0) is 19.3 Å². The highest BCUT2D eigenvalue weighted by atomic mass is 16.5. The van der Waals surface area contributed by atoms with Crippen LogP contribution in [0.25, 0.3) is 0 Å². The second-order valence-corrected chi connectivity index (χ2v) is 7.02. The van der Waals surface area contributed by atoms with Crippen molar-refractivity contribution in [2.75, 3.05) is 26.8 Å². The molecule has 0 aliphatic carbocycles. The number of piperidine rings is 1. The second kappa shape index (κ2) is 7.19. The van der Waals surface area contributed by atoms with Crippen LogP contribution in [0.4, 0.5) is 0 Å². The number of hydrogen-bond donors (Lipinski definition) is 0. The number of methoxy groups -OCH3 is 1. The Morgan fingerprint density at radius 2 is 2.25 bits per heavy atom. The molecule has 0 N–H and O–H groups in total. The van der Waals surface area contributed by atoms with E-state index in [1.165, 1.54) is 0 Å². The third kappa shape index (κ3) is 3.47. The van der Waals surface area contributed by atoms with Crippen molar-refractivity contribution in [2.45, 2.75) is 63.6 Å². The van der Waals surface area contributed by atoms with Gasteiger partial charge in [-0.3, -0.25) is 4.79 Å². The molecule has 2 saturated heterocycles. The molecule has 0 aromatic carbocycles. The highest BCUT2D eigenvalue weighted by molar-refractivity contribution is 5.76. The molecule has 1 spiro atoms. The minimum absolute atomic E-state index is 0.0475. The SMILES string of the molecule is CO[C@H]1CN(C(=O)CCc2nnc(C(C)C)o2)CC[C@@]12CCCO2. The van der Waals surface area contributed by atoms with Gasteiger partial charge in [0.15, 0.2) is 0 Å². The Morgan fingerprint density at radius 3 is 2.88 bits per heavy atom. The first-order chi connectivity index (χ1) is 11.5. The Bertz CT molecular complexity index is 566. The van der Waals surface area contributed by atoms with E-state index in [1.54, 1.807) is 7.11 Å². The fourth-order valence-electron chi connectivity index (χ4n) is 3.60. The van der Waals surface area contributed by atoms with Crippen LogP contribution < -0.4 is 0 Å². The summed E-state index contributed by atoms with van der Waals surface area (Å²) in [6.45, 7) is 6.11. The zero-order valence-corrected chi connectivity index (χ0v) is 14.8. The molecular weight excluding hydrogens is 310 g/mol. The number of aryl methyl sites for hydroxylation is 1. The molecule has 2 aliphatic rings. The second-order valence-electron chi connectivity index (χ2n) is 7.02. The van der Waals surface area contributed by atoms with Crippen molar-refractivity contribution in [3.8, 4) is 0 Å². The number of ether oxygens (including phenoxy) is 2. The lowest BCUT2D eigenvalue weighted by molar-refractivity contribution is -0.158. The van der Waals surface area contributed by atoms with Gasteiger partial charge >= 0.3 is 0 Å². The largest absolute Gasteiger partial charge is 0.425 e. The van der Waals surface area contributed by atoms with Gasteiger partial charge in [-0.25, -0.2) is 0 Å². The van der Waals surface area contributed by atoms with Gasteiger partial charge in [0, 0.05) is 45.6 Å². The molecular formula is C17H27N3O4. The number of likely N-dealkylation sites (tertiary alicyclic amines) is 1. The van der Waals surface area contributed by atoms with Crippen molar-refractivity contribution in [3.05, 3.63) is 11.8 Å². The molecule has 3 rings (SSSR count). The van der Waals surface area contributed by atoms with Crippen molar-refractivity contribution in [2.24, 2.45) is 0 Å². The van der Waals surface area contributed by atoms with Gasteiger partial charge in [-0.1, -0.05) is 13.8 Å². The summed E-state index contributed by atoms with van der Waals surface area (Å²) >= 11 is 0. The number of aromatic nitrogens is 2. The normalized spacial score (nSPS) is 27.3. The maximum atomic E-state index is 12.5. The summed E-state index contributed by atoms with van der Waals surface area (Å²) in [7, 11) is 1.70. The fourth-order valence-corrected chi connectivity index (χ4v) is 3.60. The van der Waals surface area contributed by atoms with Crippen LogP contribution in [0.2, 0.25) is 0 Å². The Labute approximate surface area is 142 Å². The predicted molar refractivity (Wildman–Crippen MR) is 86.6 cm³/mol. The summed E-state index contributed by atoms with van der Waals surface area (Å²) < 4.78 is 17.2. The molecule has 2 atom stereocenters. The molecule has 1 aromatic heterocycles. The highest BCUT2D eigenvalue weighted by Gasteiger charge is 2.47. The molecule has 0 radical (unpaired) electrons. The summed E-state index contributed by atoms with van der Waals surface area (Å²) in [6, 6.07) is 0. The zero-order chi connectivity index (χ0) is 17.2. The van der Waals surface area contributed by atoms with Crippen LogP contribution >= 0.6 is 0 Å². The highest BCUT2D eigenvalue weighted by Crippen LogP contribution is 2.37. The number of hydrogen-bond acceptors (Lipinski definition) is 6. The Morgan fingerprint density at radius 1 is 1.42 bits per heavy atom. The Kier molecular flexibility index (Phi) is 5.20. The molecule has 3 heterocycles. The van der Waals surface area contributed by atoms with E-state index >= 15 is 0 Å². The Balaban J connectivity index is 1.53. The van der Waals surface area contributed by atoms with Crippen LogP contribution in [0.3, 0.4) is 0 Å². The number of carbonyl (C=O) groups excluding carboxylic acids is 1. The smallest absolute Gasteiger partial charge is 0.223 e. The maximum Gasteiger partial charge on any atom is 0.223 e. The zero-order valence-electron chi connectivity index (χ0n) is 14.8. The van der Waals surface area contributed by atoms with Crippen LogP contribution in [0, 0.1) is 0 Å². The molecule has 0 bridgehead atoms. The average molecular weight is 337 g/mol. The summed E-state index contributed by atoms with van der Waals surface area (Å²) in [5.74, 6) is 1.46. The van der Waals surface area contributed by atoms with Gasteiger partial charge < -0.3 is 18.8 Å². The molecule has 7 heteroatoms. The standard InChI is InChI=1S/C17H27N3O4/c1-12(2)16-19-18-14(24-16)5-6-15(21)20-9-8-17(7-4-10-23-17)13(11-20)22-3/h12-13H,4-11H2,1-3H3/t13-,17-/m0/s1. The van der Waals surface area contributed by atoms with Gasteiger partial charge in [-0.15, -0.1) is 10.2 Å². The molecule has 7 nitrogen and oxygen atoms in total. The molecule has 2 fully saturated rings. The van der Waals surface area contributed by atoms with Crippen LogP contribution in [0.1, 0.15) is 57.2 Å². The van der Waals surface area contributed by atoms with E-state index in [-0.39, 0.29) is 23.5 Å². The minimum atomic E-state index is -0.190.